The molecule has 5 saturated heterocycles. The molecule has 1 aromatic carbocycles. The Morgan fingerprint density at radius 1 is 0.596 bits per heavy atom. The van der Waals surface area contributed by atoms with Crippen molar-refractivity contribution < 1.29 is 143 Å². The van der Waals surface area contributed by atoms with Crippen LogP contribution in [0.3, 0.4) is 0 Å². The fourth-order valence-electron chi connectivity index (χ4n) is 19.7. The number of fused-ring (bicyclic) bond motifs is 7. The third-order valence-electron chi connectivity index (χ3n) is 26.0. The highest BCUT2D eigenvalue weighted by atomic mass is 16.8. The van der Waals surface area contributed by atoms with Crippen LogP contribution in [0.5, 0.6) is 5.75 Å². The van der Waals surface area contributed by atoms with Crippen molar-refractivity contribution in [2.45, 2.75) is 280 Å². The largest absolute Gasteiger partial charge is 0.497 e. The van der Waals surface area contributed by atoms with Crippen LogP contribution in [0.4, 0.5) is 0 Å². The molecule has 11 aliphatic rings. The Bertz CT molecular complexity index is 3320. The second kappa shape index (κ2) is 30.9. The van der Waals surface area contributed by atoms with E-state index in [1.165, 1.54) is 26.2 Å². The molecule has 0 spiro atoms. The number of rotatable bonds is 16. The molecule has 5 heterocycles. The minimum atomic E-state index is -1.93. The van der Waals surface area contributed by atoms with Crippen LogP contribution in [-0.2, 0) is 66.5 Å². The Morgan fingerprint density at radius 3 is 1.77 bits per heavy atom. The molecule has 104 heavy (non-hydrogen) atoms. The molecule has 14 N–H and O–H groups in total. The van der Waals surface area contributed by atoms with Crippen molar-refractivity contribution in [3.63, 3.8) is 0 Å². The number of aliphatic hydroxyl groups excluding tert-OH is 14. The summed E-state index contributed by atoms with van der Waals surface area (Å²) >= 11 is 0. The lowest BCUT2D eigenvalue weighted by molar-refractivity contribution is -0.374. The van der Waals surface area contributed by atoms with Gasteiger partial charge in [-0.1, -0.05) is 78.3 Å². The number of ketones is 2. The molecule has 5 aliphatic heterocycles. The van der Waals surface area contributed by atoms with E-state index in [9.17, 15) is 81.1 Å². The number of hydrogen-bond acceptors (Lipinski definition) is 29. The number of methoxy groups -OCH3 is 2. The SMILES string of the molecule is C=CC(C1=CC(=O)C(OC)=CC1=O)c1ccc(OC)cc1.CC1OC(OC2CCC3(C)C(CCC4(C)C3CC=C3C5CC(C)(C)CCC5(C(=O)OC5OCC(O)C(O)C5OC5OC(C)C(OC6OC(CO)C(O)C(O)C6O)C(O)C5O)C(O)CC34C)C2(C)C)C(O)C(O)C1OC1OCC(O)C(O)C1O. The quantitative estimate of drug-likeness (QED) is 0.0468. The van der Waals surface area contributed by atoms with Crippen LogP contribution in [0.25, 0.3) is 0 Å². The Labute approximate surface area is 605 Å². The van der Waals surface area contributed by atoms with Crippen molar-refractivity contribution in [3.05, 3.63) is 77.6 Å². The number of carbonyl (C=O) groups is 3. The maximum Gasteiger partial charge on any atom is 0.317 e. The van der Waals surface area contributed by atoms with Crippen molar-refractivity contribution in [1.82, 2.24) is 0 Å². The fourth-order valence-corrected chi connectivity index (χ4v) is 19.7. The second-order valence-corrected chi connectivity index (χ2v) is 32.8. The predicted molar refractivity (Wildman–Crippen MR) is 361 cm³/mol. The highest BCUT2D eigenvalue weighted by Crippen LogP contribution is 2.76. The Hall–Kier alpha value is -4.33. The van der Waals surface area contributed by atoms with Crippen molar-refractivity contribution in [2.24, 2.45) is 50.2 Å². The molecule has 29 nitrogen and oxygen atoms in total. The van der Waals surface area contributed by atoms with Crippen LogP contribution >= 0.6 is 0 Å². The van der Waals surface area contributed by atoms with Gasteiger partial charge in [-0.25, -0.2) is 0 Å². The van der Waals surface area contributed by atoms with Crippen LogP contribution in [-0.4, -0.2) is 277 Å². The molecule has 0 aromatic heterocycles. The number of allylic oxidation sites excluding steroid dienone is 6. The van der Waals surface area contributed by atoms with E-state index in [1.807, 2.05) is 12.1 Å². The molecule has 584 valence electrons. The summed E-state index contributed by atoms with van der Waals surface area (Å²) in [6.07, 6.45) is -25.1. The van der Waals surface area contributed by atoms with E-state index in [0.29, 0.717) is 31.3 Å². The van der Waals surface area contributed by atoms with E-state index in [0.717, 1.165) is 36.1 Å². The number of hydrogen-bond donors (Lipinski definition) is 14. The van der Waals surface area contributed by atoms with E-state index < -0.39 is 195 Å². The van der Waals surface area contributed by atoms with Gasteiger partial charge < -0.3 is 128 Å². The molecule has 0 amide bonds. The monoisotopic (exact) mass is 1470 g/mol. The molecule has 12 rings (SSSR count). The zero-order valence-corrected chi connectivity index (χ0v) is 60.9. The van der Waals surface area contributed by atoms with E-state index >= 15 is 4.79 Å². The molecule has 29 heteroatoms. The van der Waals surface area contributed by atoms with Gasteiger partial charge in [-0.2, -0.15) is 0 Å². The molecule has 1 aromatic rings. The van der Waals surface area contributed by atoms with E-state index in [4.69, 9.17) is 56.8 Å². The molecule has 33 unspecified atom stereocenters. The smallest absolute Gasteiger partial charge is 0.317 e. The summed E-state index contributed by atoms with van der Waals surface area (Å²) in [6.45, 7) is 21.0. The molecule has 9 fully saturated rings. The third-order valence-corrected chi connectivity index (χ3v) is 26.0. The molecule has 6 aliphatic carbocycles. The van der Waals surface area contributed by atoms with Gasteiger partial charge in [0.25, 0.3) is 0 Å². The average molecular weight is 1480 g/mol. The van der Waals surface area contributed by atoms with Crippen molar-refractivity contribution in [2.75, 3.05) is 34.0 Å². The van der Waals surface area contributed by atoms with Gasteiger partial charge in [-0.3, -0.25) is 14.4 Å². The van der Waals surface area contributed by atoms with Gasteiger partial charge in [0.15, 0.2) is 42.8 Å². The molecule has 4 saturated carbocycles. The molecule has 0 radical (unpaired) electrons. The maximum absolute atomic E-state index is 15.4. The van der Waals surface area contributed by atoms with Crippen LogP contribution in [0.15, 0.2) is 72.1 Å². The molecular formula is C75H110O29. The predicted octanol–water partition coefficient (Wildman–Crippen LogP) is 0.666. The lowest BCUT2D eigenvalue weighted by Gasteiger charge is -2.71. The Kier molecular flexibility index (Phi) is 23.9. The minimum Gasteiger partial charge on any atom is -0.497 e. The lowest BCUT2D eigenvalue weighted by atomic mass is 9.33. The van der Waals surface area contributed by atoms with Crippen LogP contribution in [0.2, 0.25) is 0 Å². The highest BCUT2D eigenvalue weighted by molar-refractivity contribution is 6.19. The van der Waals surface area contributed by atoms with Gasteiger partial charge in [0.2, 0.25) is 12.1 Å². The Morgan fingerprint density at radius 2 is 1.16 bits per heavy atom. The fraction of sp³-hybridized carbons (Fsp3) is 0.773. The van der Waals surface area contributed by atoms with Gasteiger partial charge in [-0.05, 0) is 140 Å². The number of ether oxygens (including phenoxy) is 12. The van der Waals surface area contributed by atoms with E-state index in [1.54, 1.807) is 32.2 Å². The van der Waals surface area contributed by atoms with E-state index in [2.05, 4.69) is 61.1 Å². The third kappa shape index (κ3) is 14.3. The van der Waals surface area contributed by atoms with Gasteiger partial charge in [-0.15, -0.1) is 6.58 Å². The topological polar surface area (TPSA) is 445 Å². The zero-order chi connectivity index (χ0) is 76.0. The van der Waals surface area contributed by atoms with Crippen molar-refractivity contribution in [3.8, 4) is 5.75 Å². The first kappa shape index (κ1) is 80.7. The standard InChI is InChI=1S/C58H94O25.C17H16O4/c1-23-44(80-47-40(69)34(63)27(60)21-74-47)38(67)42(71)48(76-23)79-33-13-14-55(7)30(54(33,5)6)12-15-56(8)31(55)11-10-25-26-18-53(3,4)16-17-58(26,32(62)19-57(25,56)9)52(73)83-51-46(35(64)28(61)22-75-51)82-49-43(72)39(68)45(24(2)77-49)81-50-41(70)37(66)36(65)29(20-59)78-50;1-4-13(11-5-7-12(20-2)8-6-11)14-9-16(19)17(21-3)10-15(14)18/h10,23-24,26-51,59-72H,11-22H2,1-9H3;4-10,13H,1H2,2-3H3. The summed E-state index contributed by atoms with van der Waals surface area (Å²) < 4.78 is 69.6. The summed E-state index contributed by atoms with van der Waals surface area (Å²) in [5.41, 5.74) is -1.02. The van der Waals surface area contributed by atoms with Gasteiger partial charge in [0.05, 0.1) is 58.5 Å². The lowest BCUT2D eigenvalue weighted by Crippen LogP contribution is -2.68. The summed E-state index contributed by atoms with van der Waals surface area (Å²) in [4.78, 5) is 39.4. The minimum absolute atomic E-state index is 0.0568. The number of benzene rings is 1. The maximum atomic E-state index is 15.4. The number of esters is 1. The average Bonchev–Trinajstić information content (AvgIpc) is 0.672. The molecular weight excluding hydrogens is 1360 g/mol. The number of carbonyl (C=O) groups excluding carboxylic acids is 3. The molecule has 33 atom stereocenters. The van der Waals surface area contributed by atoms with E-state index in [-0.39, 0.29) is 70.8 Å². The van der Waals surface area contributed by atoms with Crippen molar-refractivity contribution >= 4 is 17.5 Å². The van der Waals surface area contributed by atoms with Crippen LogP contribution < -0.4 is 4.74 Å². The summed E-state index contributed by atoms with van der Waals surface area (Å²) in [6, 6.07) is 7.30. The van der Waals surface area contributed by atoms with Gasteiger partial charge >= 0.3 is 5.97 Å². The second-order valence-electron chi connectivity index (χ2n) is 32.8. The first-order valence-corrected chi connectivity index (χ1v) is 36.4. The summed E-state index contributed by atoms with van der Waals surface area (Å²) in [5.74, 6) is -1.12. The van der Waals surface area contributed by atoms with Crippen LogP contribution in [0, 0.1) is 50.2 Å². The number of aliphatic hydroxyl groups is 14. The normalized spacial score (nSPS) is 47.2. The first-order chi connectivity index (χ1) is 48.9. The highest BCUT2D eigenvalue weighted by Gasteiger charge is 2.72. The van der Waals surface area contributed by atoms with Gasteiger partial charge in [0.1, 0.15) is 103 Å². The Balaban J connectivity index is 0.000000441. The summed E-state index contributed by atoms with van der Waals surface area (Å²) in [7, 11) is 2.95. The van der Waals surface area contributed by atoms with Gasteiger partial charge in [0, 0.05) is 17.6 Å². The molecule has 0 bridgehead atoms. The van der Waals surface area contributed by atoms with Crippen molar-refractivity contribution in [1.29, 1.82) is 0 Å². The van der Waals surface area contributed by atoms with Crippen LogP contribution in [0.1, 0.15) is 132 Å². The zero-order valence-electron chi connectivity index (χ0n) is 60.9. The first-order valence-electron chi connectivity index (χ1n) is 36.4. The summed E-state index contributed by atoms with van der Waals surface area (Å²) in [5, 5.41) is 152.